The molecule has 0 spiro atoms. The molecule has 8 heteroatoms. The van der Waals surface area contributed by atoms with Gasteiger partial charge in [0.25, 0.3) is 0 Å². The standard InChI is InChI=1S/C12H9F3N4S/c13-12(14,15)7-1-2-9-8(5-7)18-11(16)19(9)6-10-17-3-4-20-10/h1-5H,6H2,(H2,16,18). The molecular formula is C12H9F3N4S. The first-order valence-electron chi connectivity index (χ1n) is 5.66. The summed E-state index contributed by atoms with van der Waals surface area (Å²) in [6.45, 7) is 0.394. The zero-order chi connectivity index (χ0) is 14.3. The highest BCUT2D eigenvalue weighted by molar-refractivity contribution is 7.09. The maximum absolute atomic E-state index is 12.7. The molecule has 1 aromatic carbocycles. The third kappa shape index (κ3) is 2.22. The molecule has 0 unspecified atom stereocenters. The van der Waals surface area contributed by atoms with Crippen LogP contribution in [0.1, 0.15) is 10.6 Å². The van der Waals surface area contributed by atoms with Crippen LogP contribution in [0.4, 0.5) is 19.1 Å². The van der Waals surface area contributed by atoms with Gasteiger partial charge in [-0.2, -0.15) is 13.2 Å². The van der Waals surface area contributed by atoms with E-state index in [1.165, 1.54) is 17.4 Å². The van der Waals surface area contributed by atoms with E-state index in [1.54, 1.807) is 10.8 Å². The van der Waals surface area contributed by atoms with E-state index < -0.39 is 11.7 Å². The predicted molar refractivity (Wildman–Crippen MR) is 70.4 cm³/mol. The largest absolute Gasteiger partial charge is 0.416 e. The third-order valence-corrected chi connectivity index (χ3v) is 3.65. The van der Waals surface area contributed by atoms with Crippen molar-refractivity contribution in [2.75, 3.05) is 5.73 Å². The van der Waals surface area contributed by atoms with Crippen LogP contribution in [0.3, 0.4) is 0 Å². The van der Waals surface area contributed by atoms with Gasteiger partial charge < -0.3 is 10.3 Å². The van der Waals surface area contributed by atoms with E-state index in [0.717, 1.165) is 17.1 Å². The Kier molecular flexibility index (Phi) is 2.89. The van der Waals surface area contributed by atoms with E-state index in [0.29, 0.717) is 12.1 Å². The molecule has 2 aromatic heterocycles. The molecule has 20 heavy (non-hydrogen) atoms. The van der Waals surface area contributed by atoms with Crippen molar-refractivity contribution >= 4 is 28.3 Å². The maximum Gasteiger partial charge on any atom is 0.416 e. The molecule has 0 amide bonds. The number of alkyl halides is 3. The first kappa shape index (κ1) is 12.9. The summed E-state index contributed by atoms with van der Waals surface area (Å²) in [7, 11) is 0. The van der Waals surface area contributed by atoms with Gasteiger partial charge in [0.2, 0.25) is 5.95 Å². The zero-order valence-electron chi connectivity index (χ0n) is 10.1. The van der Waals surface area contributed by atoms with E-state index >= 15 is 0 Å². The Hall–Kier alpha value is -2.09. The lowest BCUT2D eigenvalue weighted by Crippen LogP contribution is -2.05. The summed E-state index contributed by atoms with van der Waals surface area (Å²) in [6, 6.07) is 3.42. The Labute approximate surface area is 115 Å². The number of hydrogen-bond donors (Lipinski definition) is 1. The van der Waals surface area contributed by atoms with E-state index in [1.807, 2.05) is 5.38 Å². The molecule has 4 nitrogen and oxygen atoms in total. The van der Waals surface area contributed by atoms with Crippen LogP contribution in [0.2, 0.25) is 0 Å². The molecule has 3 rings (SSSR count). The van der Waals surface area contributed by atoms with E-state index in [9.17, 15) is 13.2 Å². The highest BCUT2D eigenvalue weighted by atomic mass is 32.1. The minimum atomic E-state index is -4.39. The van der Waals surface area contributed by atoms with Crippen molar-refractivity contribution in [3.05, 3.63) is 40.3 Å². The molecule has 2 heterocycles. The van der Waals surface area contributed by atoms with Gasteiger partial charge in [-0.25, -0.2) is 9.97 Å². The zero-order valence-corrected chi connectivity index (χ0v) is 10.9. The molecule has 104 valence electrons. The van der Waals surface area contributed by atoms with Gasteiger partial charge in [-0.15, -0.1) is 11.3 Å². The Morgan fingerprint density at radius 1 is 1.30 bits per heavy atom. The average molecular weight is 298 g/mol. The highest BCUT2D eigenvalue weighted by Crippen LogP contribution is 2.32. The number of anilines is 1. The predicted octanol–water partition coefficient (Wildman–Crippen LogP) is 3.14. The van der Waals surface area contributed by atoms with Crippen LogP contribution in [0, 0.1) is 0 Å². The van der Waals surface area contributed by atoms with Crippen LogP contribution in [0.15, 0.2) is 29.8 Å². The van der Waals surface area contributed by atoms with Gasteiger partial charge in [0.1, 0.15) is 5.01 Å². The van der Waals surface area contributed by atoms with Crippen molar-refractivity contribution < 1.29 is 13.2 Å². The van der Waals surface area contributed by atoms with Crippen molar-refractivity contribution in [1.29, 1.82) is 0 Å². The van der Waals surface area contributed by atoms with Gasteiger partial charge in [0, 0.05) is 11.6 Å². The summed E-state index contributed by atoms with van der Waals surface area (Å²) in [4.78, 5) is 8.12. The Bertz CT molecular complexity index is 746. The number of hydrogen-bond acceptors (Lipinski definition) is 4. The lowest BCUT2D eigenvalue weighted by molar-refractivity contribution is -0.137. The lowest BCUT2D eigenvalue weighted by atomic mass is 10.2. The van der Waals surface area contributed by atoms with Gasteiger partial charge in [-0.05, 0) is 18.2 Å². The number of imidazole rings is 1. The number of thiazole rings is 1. The summed E-state index contributed by atoms with van der Waals surface area (Å²) in [6.07, 6.45) is -2.72. The normalized spacial score (nSPS) is 12.2. The topological polar surface area (TPSA) is 56.7 Å². The van der Waals surface area contributed by atoms with Crippen LogP contribution < -0.4 is 5.73 Å². The summed E-state index contributed by atoms with van der Waals surface area (Å²) >= 11 is 1.45. The van der Waals surface area contributed by atoms with Gasteiger partial charge in [0.15, 0.2) is 0 Å². The first-order valence-corrected chi connectivity index (χ1v) is 6.54. The Balaban J connectivity index is 2.08. The fourth-order valence-electron chi connectivity index (χ4n) is 1.96. The third-order valence-electron chi connectivity index (χ3n) is 2.88. The number of rotatable bonds is 2. The van der Waals surface area contributed by atoms with Crippen molar-refractivity contribution in [2.24, 2.45) is 0 Å². The Morgan fingerprint density at radius 2 is 2.10 bits per heavy atom. The number of nitrogens with zero attached hydrogens (tertiary/aromatic N) is 3. The van der Waals surface area contributed by atoms with Gasteiger partial charge in [-0.1, -0.05) is 0 Å². The second-order valence-corrected chi connectivity index (χ2v) is 5.16. The van der Waals surface area contributed by atoms with Crippen LogP contribution in [-0.2, 0) is 12.7 Å². The van der Waals surface area contributed by atoms with Crippen LogP contribution in [0.25, 0.3) is 11.0 Å². The minimum absolute atomic E-state index is 0.175. The fourth-order valence-corrected chi connectivity index (χ4v) is 2.56. The molecule has 0 aliphatic heterocycles. The SMILES string of the molecule is Nc1nc2cc(C(F)(F)F)ccc2n1Cc1nccs1. The van der Waals surface area contributed by atoms with E-state index in [2.05, 4.69) is 9.97 Å². The minimum Gasteiger partial charge on any atom is -0.369 e. The molecule has 0 aliphatic rings. The second kappa shape index (κ2) is 4.48. The highest BCUT2D eigenvalue weighted by Gasteiger charge is 2.31. The van der Waals surface area contributed by atoms with Crippen molar-refractivity contribution in [3.8, 4) is 0 Å². The molecule has 0 radical (unpaired) electrons. The quantitative estimate of drug-likeness (QED) is 0.790. The molecule has 0 aliphatic carbocycles. The fraction of sp³-hybridized carbons (Fsp3) is 0.167. The number of nitrogens with two attached hydrogens (primary N) is 1. The molecule has 0 saturated heterocycles. The first-order chi connectivity index (χ1) is 9.45. The summed E-state index contributed by atoms with van der Waals surface area (Å²) in [5, 5.41) is 2.64. The van der Waals surface area contributed by atoms with E-state index in [-0.39, 0.29) is 11.5 Å². The van der Waals surface area contributed by atoms with E-state index in [4.69, 9.17) is 5.73 Å². The van der Waals surface area contributed by atoms with Crippen molar-refractivity contribution in [1.82, 2.24) is 14.5 Å². The Morgan fingerprint density at radius 3 is 2.75 bits per heavy atom. The lowest BCUT2D eigenvalue weighted by Gasteiger charge is -2.07. The van der Waals surface area contributed by atoms with Gasteiger partial charge in [0.05, 0.1) is 23.1 Å². The number of aromatic nitrogens is 3. The number of nitrogen functional groups attached to an aromatic ring is 1. The molecular weight excluding hydrogens is 289 g/mol. The van der Waals surface area contributed by atoms with Crippen LogP contribution >= 0.6 is 11.3 Å². The monoisotopic (exact) mass is 298 g/mol. The number of fused-ring (bicyclic) bond motifs is 1. The average Bonchev–Trinajstić information content (AvgIpc) is 2.97. The summed E-state index contributed by atoms with van der Waals surface area (Å²) in [5.41, 5.74) is 5.84. The molecule has 0 saturated carbocycles. The van der Waals surface area contributed by atoms with Gasteiger partial charge >= 0.3 is 6.18 Å². The molecule has 0 fully saturated rings. The van der Waals surface area contributed by atoms with Crippen LogP contribution in [-0.4, -0.2) is 14.5 Å². The summed E-state index contributed by atoms with van der Waals surface area (Å²) in [5.74, 6) is 0.175. The smallest absolute Gasteiger partial charge is 0.369 e. The molecule has 0 atom stereocenters. The van der Waals surface area contributed by atoms with Gasteiger partial charge in [-0.3, -0.25) is 0 Å². The van der Waals surface area contributed by atoms with Crippen LogP contribution in [0.5, 0.6) is 0 Å². The molecule has 0 bridgehead atoms. The molecule has 3 aromatic rings. The second-order valence-electron chi connectivity index (χ2n) is 4.18. The van der Waals surface area contributed by atoms with Crippen molar-refractivity contribution in [2.45, 2.75) is 12.7 Å². The number of halogens is 3. The molecule has 2 N–H and O–H groups in total. The summed E-state index contributed by atoms with van der Waals surface area (Å²) < 4.78 is 39.6. The number of benzene rings is 1. The maximum atomic E-state index is 12.7. The van der Waals surface area contributed by atoms with Crippen molar-refractivity contribution in [3.63, 3.8) is 0 Å².